The summed E-state index contributed by atoms with van der Waals surface area (Å²) in [7, 11) is 0. The summed E-state index contributed by atoms with van der Waals surface area (Å²) < 4.78 is 32.6. The molecule has 0 aromatic heterocycles. The van der Waals surface area contributed by atoms with Crippen molar-refractivity contribution in [2.45, 2.75) is 38.1 Å². The quantitative estimate of drug-likeness (QED) is 0.524. The highest BCUT2D eigenvalue weighted by atomic mass is 19.1. The lowest BCUT2D eigenvalue weighted by Gasteiger charge is -2.32. The third-order valence-electron chi connectivity index (χ3n) is 7.73. The van der Waals surface area contributed by atoms with Gasteiger partial charge in [0.15, 0.2) is 0 Å². The maximum Gasteiger partial charge on any atom is 0.262 e. The van der Waals surface area contributed by atoms with Gasteiger partial charge in [-0.2, -0.15) is 5.10 Å². The Labute approximate surface area is 222 Å². The molecule has 202 valence electrons. The number of carbonyl (C=O) groups excluding carboxylic acids is 2. The SMILES string of the molecule is O=C(C1CCCC1)N(CCN1CCOCC1)CC(=O)N1N=C(c2ccc(F)cc2)CC1c1ccc(F)cc1. The fraction of sp³-hybridized carbons (Fsp3) is 0.483. The summed E-state index contributed by atoms with van der Waals surface area (Å²) >= 11 is 0. The Balaban J connectivity index is 1.37. The van der Waals surface area contributed by atoms with Gasteiger partial charge in [0.25, 0.3) is 5.91 Å². The minimum absolute atomic E-state index is 0.0318. The maximum atomic E-state index is 13.8. The molecule has 1 aliphatic carbocycles. The summed E-state index contributed by atoms with van der Waals surface area (Å²) in [6, 6.07) is 11.6. The van der Waals surface area contributed by atoms with E-state index in [0.29, 0.717) is 38.4 Å². The molecule has 1 saturated heterocycles. The normalized spacial score (nSPS) is 20.5. The average Bonchev–Trinajstić information content (AvgIpc) is 3.63. The van der Waals surface area contributed by atoms with Crippen LogP contribution in [-0.2, 0) is 14.3 Å². The highest BCUT2D eigenvalue weighted by molar-refractivity contribution is 6.03. The number of amides is 2. The van der Waals surface area contributed by atoms with Gasteiger partial charge in [0.1, 0.15) is 18.2 Å². The monoisotopic (exact) mass is 524 g/mol. The predicted molar refractivity (Wildman–Crippen MR) is 139 cm³/mol. The molecule has 1 saturated carbocycles. The molecule has 2 amide bonds. The molecule has 2 heterocycles. The van der Waals surface area contributed by atoms with Crippen LogP contribution < -0.4 is 0 Å². The summed E-state index contributed by atoms with van der Waals surface area (Å²) in [5.74, 6) is -1.01. The Morgan fingerprint density at radius 2 is 1.58 bits per heavy atom. The van der Waals surface area contributed by atoms with Crippen molar-refractivity contribution < 1.29 is 23.1 Å². The zero-order chi connectivity index (χ0) is 26.5. The van der Waals surface area contributed by atoms with Crippen LogP contribution in [0.2, 0.25) is 0 Å². The molecule has 2 aliphatic heterocycles. The highest BCUT2D eigenvalue weighted by Gasteiger charge is 2.36. The van der Waals surface area contributed by atoms with E-state index in [1.807, 2.05) is 0 Å². The van der Waals surface area contributed by atoms with Crippen LogP contribution in [0.15, 0.2) is 53.6 Å². The van der Waals surface area contributed by atoms with Crippen molar-refractivity contribution in [1.29, 1.82) is 0 Å². The molecule has 1 atom stereocenters. The van der Waals surface area contributed by atoms with E-state index in [-0.39, 0.29) is 35.9 Å². The summed E-state index contributed by atoms with van der Waals surface area (Å²) in [6.07, 6.45) is 4.19. The second-order valence-electron chi connectivity index (χ2n) is 10.3. The molecule has 1 unspecified atom stereocenters. The van der Waals surface area contributed by atoms with Gasteiger partial charge in [0.05, 0.1) is 25.0 Å². The number of hydrogen-bond acceptors (Lipinski definition) is 5. The van der Waals surface area contributed by atoms with E-state index in [1.54, 1.807) is 29.2 Å². The Morgan fingerprint density at radius 1 is 0.947 bits per heavy atom. The molecular formula is C29H34F2N4O3. The van der Waals surface area contributed by atoms with Crippen molar-refractivity contribution in [3.05, 3.63) is 71.3 Å². The second kappa shape index (κ2) is 12.1. The van der Waals surface area contributed by atoms with E-state index in [9.17, 15) is 18.4 Å². The molecule has 2 fully saturated rings. The second-order valence-corrected chi connectivity index (χ2v) is 10.3. The van der Waals surface area contributed by atoms with Crippen LogP contribution >= 0.6 is 0 Å². The molecular weight excluding hydrogens is 490 g/mol. The van der Waals surface area contributed by atoms with Gasteiger partial charge >= 0.3 is 0 Å². The van der Waals surface area contributed by atoms with Crippen molar-refractivity contribution in [3.8, 4) is 0 Å². The Bertz CT molecular complexity index is 1140. The average molecular weight is 525 g/mol. The molecule has 9 heteroatoms. The summed E-state index contributed by atoms with van der Waals surface area (Å²) in [4.78, 5) is 31.2. The number of morpholine rings is 1. The Kier molecular flexibility index (Phi) is 8.44. The van der Waals surface area contributed by atoms with Crippen molar-refractivity contribution in [2.75, 3.05) is 45.9 Å². The molecule has 2 aromatic rings. The van der Waals surface area contributed by atoms with E-state index >= 15 is 0 Å². The first-order valence-electron chi connectivity index (χ1n) is 13.5. The lowest BCUT2D eigenvalue weighted by molar-refractivity contribution is -0.144. The predicted octanol–water partition coefficient (Wildman–Crippen LogP) is 3.99. The number of benzene rings is 2. The van der Waals surface area contributed by atoms with Gasteiger partial charge in [0.2, 0.25) is 5.91 Å². The number of nitrogens with zero attached hydrogens (tertiary/aromatic N) is 4. The lowest BCUT2D eigenvalue weighted by atomic mass is 9.98. The van der Waals surface area contributed by atoms with Crippen molar-refractivity contribution in [3.63, 3.8) is 0 Å². The summed E-state index contributed by atoms with van der Waals surface area (Å²) in [5, 5.41) is 6.07. The first kappa shape index (κ1) is 26.4. The van der Waals surface area contributed by atoms with Crippen LogP contribution in [0.4, 0.5) is 8.78 Å². The highest BCUT2D eigenvalue weighted by Crippen LogP contribution is 2.33. The van der Waals surface area contributed by atoms with Crippen LogP contribution in [-0.4, -0.2) is 78.3 Å². The number of halogens is 2. The van der Waals surface area contributed by atoms with Crippen LogP contribution in [0.25, 0.3) is 0 Å². The maximum absolute atomic E-state index is 13.8. The van der Waals surface area contributed by atoms with E-state index < -0.39 is 6.04 Å². The smallest absolute Gasteiger partial charge is 0.262 e. The minimum atomic E-state index is -0.439. The first-order valence-corrected chi connectivity index (χ1v) is 13.5. The molecule has 3 aliphatic rings. The number of ether oxygens (including phenoxy) is 1. The van der Waals surface area contributed by atoms with Crippen LogP contribution in [0.3, 0.4) is 0 Å². The van der Waals surface area contributed by atoms with Crippen molar-refractivity contribution >= 4 is 17.5 Å². The number of carbonyl (C=O) groups is 2. The zero-order valence-electron chi connectivity index (χ0n) is 21.5. The third-order valence-corrected chi connectivity index (χ3v) is 7.73. The Hall–Kier alpha value is -3.17. The van der Waals surface area contributed by atoms with E-state index in [1.165, 1.54) is 29.3 Å². The third kappa shape index (κ3) is 6.27. The van der Waals surface area contributed by atoms with Gasteiger partial charge < -0.3 is 9.64 Å². The number of hydrogen-bond donors (Lipinski definition) is 0. The van der Waals surface area contributed by atoms with Crippen LogP contribution in [0.5, 0.6) is 0 Å². The molecule has 5 rings (SSSR count). The fourth-order valence-electron chi connectivity index (χ4n) is 5.52. The van der Waals surface area contributed by atoms with E-state index in [4.69, 9.17) is 4.74 Å². The molecule has 0 N–H and O–H groups in total. The van der Waals surface area contributed by atoms with E-state index in [0.717, 1.165) is 49.9 Å². The zero-order valence-corrected chi connectivity index (χ0v) is 21.5. The minimum Gasteiger partial charge on any atom is -0.379 e. The van der Waals surface area contributed by atoms with Crippen LogP contribution in [0.1, 0.15) is 49.3 Å². The molecule has 7 nitrogen and oxygen atoms in total. The number of rotatable bonds is 8. The summed E-state index contributed by atoms with van der Waals surface area (Å²) in [5.41, 5.74) is 2.12. The van der Waals surface area contributed by atoms with Gasteiger partial charge in [0, 0.05) is 38.5 Å². The van der Waals surface area contributed by atoms with Gasteiger partial charge in [-0.05, 0) is 48.2 Å². The van der Waals surface area contributed by atoms with Gasteiger partial charge in [-0.1, -0.05) is 37.1 Å². The van der Waals surface area contributed by atoms with Gasteiger partial charge in [-0.15, -0.1) is 0 Å². The van der Waals surface area contributed by atoms with Gasteiger partial charge in [-0.3, -0.25) is 14.5 Å². The molecule has 0 bridgehead atoms. The fourth-order valence-corrected chi connectivity index (χ4v) is 5.52. The largest absolute Gasteiger partial charge is 0.379 e. The van der Waals surface area contributed by atoms with Gasteiger partial charge in [-0.25, -0.2) is 13.8 Å². The number of hydrazone groups is 1. The Morgan fingerprint density at radius 3 is 2.24 bits per heavy atom. The van der Waals surface area contributed by atoms with Crippen molar-refractivity contribution in [1.82, 2.24) is 14.8 Å². The molecule has 0 spiro atoms. The lowest BCUT2D eigenvalue weighted by Crippen LogP contribution is -2.47. The molecule has 38 heavy (non-hydrogen) atoms. The van der Waals surface area contributed by atoms with E-state index in [2.05, 4.69) is 10.0 Å². The molecule has 0 radical (unpaired) electrons. The van der Waals surface area contributed by atoms with Crippen molar-refractivity contribution in [2.24, 2.45) is 11.0 Å². The van der Waals surface area contributed by atoms with Crippen LogP contribution in [0, 0.1) is 17.6 Å². The molecule has 2 aromatic carbocycles. The standard InChI is InChI=1S/C29H34F2N4O3/c30-24-9-5-21(6-10-24)26-19-27(22-7-11-25(31)12-8-22)35(32-26)28(36)20-34(29(37)23-3-1-2-4-23)14-13-33-15-17-38-18-16-33/h5-12,23,27H,1-4,13-20H2. The first-order chi connectivity index (χ1) is 18.5. The summed E-state index contributed by atoms with van der Waals surface area (Å²) in [6.45, 7) is 4.03. The topological polar surface area (TPSA) is 65.5 Å².